The third-order valence-electron chi connectivity index (χ3n) is 3.58. The van der Waals surface area contributed by atoms with Gasteiger partial charge >= 0.3 is 0 Å². The Morgan fingerprint density at radius 1 is 1.47 bits per heavy atom. The van der Waals surface area contributed by atoms with E-state index in [1.165, 1.54) is 0 Å². The number of hydrogen-bond donors (Lipinski definition) is 1. The maximum Gasteiger partial charge on any atom is 0.221 e. The van der Waals surface area contributed by atoms with Gasteiger partial charge in [0.2, 0.25) is 5.91 Å². The topological polar surface area (TPSA) is 29.1 Å². The van der Waals surface area contributed by atoms with Crippen LogP contribution in [0.2, 0.25) is 10.0 Å². The minimum atomic E-state index is -0.270. The Kier molecular flexibility index (Phi) is 3.37. The van der Waals surface area contributed by atoms with Crippen LogP contribution in [0.4, 0.5) is 0 Å². The van der Waals surface area contributed by atoms with Crippen molar-refractivity contribution in [2.24, 2.45) is 0 Å². The Bertz CT molecular complexity index is 461. The van der Waals surface area contributed by atoms with Crippen molar-refractivity contribution in [1.29, 1.82) is 0 Å². The number of nitrogens with one attached hydrogen (secondary N) is 1. The Morgan fingerprint density at radius 2 is 2.18 bits per heavy atom. The van der Waals surface area contributed by atoms with Crippen molar-refractivity contribution in [2.45, 2.75) is 38.1 Å². The molecule has 2 rings (SSSR count). The van der Waals surface area contributed by atoms with Crippen molar-refractivity contribution in [3.05, 3.63) is 33.8 Å². The standard InChI is InChI=1S/C13H15Cl2NO/c1-3-11-13(2,7-12(17)16-11)9-6-8(14)4-5-10(9)15/h4-6,11H,3,7H2,1-2H3,(H,16,17). The quantitative estimate of drug-likeness (QED) is 0.876. The molecule has 2 nitrogen and oxygen atoms in total. The van der Waals surface area contributed by atoms with Crippen LogP contribution in [0.25, 0.3) is 0 Å². The van der Waals surface area contributed by atoms with E-state index in [1.54, 1.807) is 12.1 Å². The van der Waals surface area contributed by atoms with Gasteiger partial charge in [0.05, 0.1) is 0 Å². The van der Waals surface area contributed by atoms with E-state index in [-0.39, 0.29) is 17.4 Å². The summed E-state index contributed by atoms with van der Waals surface area (Å²) in [5.41, 5.74) is 0.685. The van der Waals surface area contributed by atoms with E-state index >= 15 is 0 Å². The predicted octanol–water partition coefficient (Wildman–Crippen LogP) is 3.55. The lowest BCUT2D eigenvalue weighted by Crippen LogP contribution is -2.37. The van der Waals surface area contributed by atoms with Crippen molar-refractivity contribution in [2.75, 3.05) is 0 Å². The zero-order valence-corrected chi connectivity index (χ0v) is 11.4. The van der Waals surface area contributed by atoms with E-state index in [1.807, 2.05) is 6.07 Å². The molecule has 2 unspecified atom stereocenters. The molecule has 1 saturated heterocycles. The van der Waals surface area contributed by atoms with Crippen LogP contribution in [-0.2, 0) is 10.2 Å². The van der Waals surface area contributed by atoms with E-state index in [4.69, 9.17) is 23.2 Å². The average Bonchev–Trinajstić information content (AvgIpc) is 2.58. The number of benzene rings is 1. The molecular weight excluding hydrogens is 257 g/mol. The molecule has 17 heavy (non-hydrogen) atoms. The van der Waals surface area contributed by atoms with Crippen molar-refractivity contribution in [3.8, 4) is 0 Å². The predicted molar refractivity (Wildman–Crippen MR) is 70.7 cm³/mol. The zero-order chi connectivity index (χ0) is 12.6. The molecule has 2 atom stereocenters. The molecule has 0 aromatic heterocycles. The summed E-state index contributed by atoms with van der Waals surface area (Å²) in [5.74, 6) is 0.0791. The summed E-state index contributed by atoms with van der Waals surface area (Å²) >= 11 is 12.3. The normalized spacial score (nSPS) is 28.2. The Labute approximate surface area is 111 Å². The summed E-state index contributed by atoms with van der Waals surface area (Å²) in [6, 6.07) is 5.54. The highest BCUT2D eigenvalue weighted by Crippen LogP contribution is 2.41. The first-order valence-corrected chi connectivity index (χ1v) is 6.48. The van der Waals surface area contributed by atoms with Crippen molar-refractivity contribution >= 4 is 29.1 Å². The summed E-state index contributed by atoms with van der Waals surface area (Å²) in [4.78, 5) is 11.6. The fourth-order valence-electron chi connectivity index (χ4n) is 2.63. The van der Waals surface area contributed by atoms with Gasteiger partial charge in [-0.05, 0) is 30.2 Å². The van der Waals surface area contributed by atoms with Crippen LogP contribution in [0, 0.1) is 0 Å². The van der Waals surface area contributed by atoms with Gasteiger partial charge in [-0.2, -0.15) is 0 Å². The molecule has 1 aromatic rings. The summed E-state index contributed by atoms with van der Waals surface area (Å²) in [6.07, 6.45) is 1.34. The van der Waals surface area contributed by atoms with Crippen LogP contribution in [0.3, 0.4) is 0 Å². The molecule has 0 spiro atoms. The molecule has 0 bridgehead atoms. The second-order valence-corrected chi connectivity index (χ2v) is 5.59. The lowest BCUT2D eigenvalue weighted by molar-refractivity contribution is -0.119. The van der Waals surface area contributed by atoms with Gasteiger partial charge in [0.1, 0.15) is 0 Å². The Hall–Kier alpha value is -0.730. The van der Waals surface area contributed by atoms with Crippen LogP contribution in [0.5, 0.6) is 0 Å². The van der Waals surface area contributed by atoms with Crippen LogP contribution < -0.4 is 5.32 Å². The second-order valence-electron chi connectivity index (χ2n) is 4.75. The van der Waals surface area contributed by atoms with Crippen LogP contribution in [-0.4, -0.2) is 11.9 Å². The van der Waals surface area contributed by atoms with E-state index in [9.17, 15) is 4.79 Å². The Balaban J connectivity index is 2.50. The molecule has 1 N–H and O–H groups in total. The van der Waals surface area contributed by atoms with Gasteiger partial charge < -0.3 is 5.32 Å². The van der Waals surface area contributed by atoms with E-state index in [0.717, 1.165) is 12.0 Å². The van der Waals surface area contributed by atoms with E-state index in [0.29, 0.717) is 16.5 Å². The molecular formula is C13H15Cl2NO. The van der Waals surface area contributed by atoms with Crippen LogP contribution in [0.1, 0.15) is 32.3 Å². The molecule has 0 radical (unpaired) electrons. The molecule has 1 amide bonds. The maximum atomic E-state index is 11.6. The molecule has 1 aliphatic rings. The smallest absolute Gasteiger partial charge is 0.221 e. The van der Waals surface area contributed by atoms with Crippen LogP contribution in [0.15, 0.2) is 18.2 Å². The molecule has 92 valence electrons. The monoisotopic (exact) mass is 271 g/mol. The van der Waals surface area contributed by atoms with E-state index in [2.05, 4.69) is 19.2 Å². The lowest BCUT2D eigenvalue weighted by atomic mass is 9.75. The van der Waals surface area contributed by atoms with Gasteiger partial charge in [0, 0.05) is 27.9 Å². The highest BCUT2D eigenvalue weighted by Gasteiger charge is 2.44. The number of carbonyl (C=O) groups excluding carboxylic acids is 1. The third kappa shape index (κ3) is 2.16. The number of hydrogen-bond acceptors (Lipinski definition) is 1. The molecule has 0 aliphatic carbocycles. The van der Waals surface area contributed by atoms with Gasteiger partial charge in [-0.25, -0.2) is 0 Å². The summed E-state index contributed by atoms with van der Waals surface area (Å²) in [5, 5.41) is 4.32. The van der Waals surface area contributed by atoms with Gasteiger partial charge in [-0.3, -0.25) is 4.79 Å². The molecule has 1 aliphatic heterocycles. The molecule has 4 heteroatoms. The summed E-state index contributed by atoms with van der Waals surface area (Å²) < 4.78 is 0. The lowest BCUT2D eigenvalue weighted by Gasteiger charge is -2.31. The molecule has 1 aromatic carbocycles. The number of carbonyl (C=O) groups is 1. The highest BCUT2D eigenvalue weighted by molar-refractivity contribution is 6.33. The minimum Gasteiger partial charge on any atom is -0.352 e. The van der Waals surface area contributed by atoms with Crippen molar-refractivity contribution in [1.82, 2.24) is 5.32 Å². The molecule has 1 heterocycles. The van der Waals surface area contributed by atoms with Gasteiger partial charge in [-0.1, -0.05) is 37.0 Å². The SMILES string of the molecule is CCC1NC(=O)CC1(C)c1cc(Cl)ccc1Cl. The number of halogens is 2. The summed E-state index contributed by atoms with van der Waals surface area (Å²) in [7, 11) is 0. The Morgan fingerprint density at radius 3 is 2.82 bits per heavy atom. The van der Waals surface area contributed by atoms with Gasteiger partial charge in [0.15, 0.2) is 0 Å². The van der Waals surface area contributed by atoms with Gasteiger partial charge in [0.25, 0.3) is 0 Å². The molecule has 1 fully saturated rings. The zero-order valence-electron chi connectivity index (χ0n) is 9.89. The fourth-order valence-corrected chi connectivity index (χ4v) is 3.14. The largest absolute Gasteiger partial charge is 0.352 e. The first kappa shape index (κ1) is 12.7. The molecule has 0 saturated carbocycles. The first-order chi connectivity index (χ1) is 7.97. The first-order valence-electron chi connectivity index (χ1n) is 5.72. The number of amides is 1. The third-order valence-corrected chi connectivity index (χ3v) is 4.15. The van der Waals surface area contributed by atoms with Crippen LogP contribution >= 0.6 is 23.2 Å². The summed E-state index contributed by atoms with van der Waals surface area (Å²) in [6.45, 7) is 4.13. The average molecular weight is 272 g/mol. The number of rotatable bonds is 2. The second kappa shape index (κ2) is 4.51. The van der Waals surface area contributed by atoms with Gasteiger partial charge in [-0.15, -0.1) is 0 Å². The highest BCUT2D eigenvalue weighted by atomic mass is 35.5. The van der Waals surface area contributed by atoms with E-state index < -0.39 is 0 Å². The van der Waals surface area contributed by atoms with Crippen molar-refractivity contribution < 1.29 is 4.79 Å². The minimum absolute atomic E-state index is 0.0791. The van der Waals surface area contributed by atoms with Crippen molar-refractivity contribution in [3.63, 3.8) is 0 Å². The maximum absolute atomic E-state index is 11.6. The fraction of sp³-hybridized carbons (Fsp3) is 0.462.